The summed E-state index contributed by atoms with van der Waals surface area (Å²) >= 11 is 5.59. The molecule has 0 aliphatic heterocycles. The minimum Gasteiger partial charge on any atom is -0.394 e. The van der Waals surface area contributed by atoms with Gasteiger partial charge in [-0.1, -0.05) is 17.7 Å². The van der Waals surface area contributed by atoms with Gasteiger partial charge in [-0.25, -0.2) is 4.39 Å². The van der Waals surface area contributed by atoms with Gasteiger partial charge in [0, 0.05) is 5.69 Å². The van der Waals surface area contributed by atoms with Crippen molar-refractivity contribution in [2.45, 2.75) is 13.0 Å². The van der Waals surface area contributed by atoms with Crippen LogP contribution in [0.5, 0.6) is 0 Å². The maximum absolute atomic E-state index is 13.4. The summed E-state index contributed by atoms with van der Waals surface area (Å²) in [6.45, 7) is 1.40. The van der Waals surface area contributed by atoms with Crippen LogP contribution < -0.4 is 5.32 Å². The van der Waals surface area contributed by atoms with E-state index < -0.39 is 17.8 Å². The number of carbonyl (C=O) groups excluding carboxylic acids is 1. The smallest absolute Gasteiger partial charge is 0.272 e. The Labute approximate surface area is 119 Å². The third-order valence-corrected chi connectivity index (χ3v) is 3.08. The first-order chi connectivity index (χ1) is 9.51. The van der Waals surface area contributed by atoms with Gasteiger partial charge in [-0.05, 0) is 30.7 Å². The average molecular weight is 298 g/mol. The number of H-pyrrole nitrogens is 1. The Hall–Kier alpha value is -1.92. The average Bonchev–Trinajstić information content (AvgIpc) is 2.86. The fourth-order valence-electron chi connectivity index (χ4n) is 1.73. The Morgan fingerprint density at radius 2 is 2.30 bits per heavy atom. The fourth-order valence-corrected chi connectivity index (χ4v) is 1.85. The summed E-state index contributed by atoms with van der Waals surface area (Å²) in [5.41, 5.74) is 1.37. The second-order valence-corrected chi connectivity index (χ2v) is 4.73. The Kier molecular flexibility index (Phi) is 4.36. The summed E-state index contributed by atoms with van der Waals surface area (Å²) in [6.07, 6.45) is 0. The Morgan fingerprint density at radius 3 is 2.85 bits per heavy atom. The molecule has 106 valence electrons. The van der Waals surface area contributed by atoms with Crippen LogP contribution in [-0.4, -0.2) is 27.8 Å². The van der Waals surface area contributed by atoms with Gasteiger partial charge >= 0.3 is 0 Å². The molecule has 1 aromatic heterocycles. The molecule has 1 amide bonds. The second-order valence-electron chi connectivity index (χ2n) is 4.32. The lowest BCUT2D eigenvalue weighted by Gasteiger charge is -2.16. The molecule has 0 radical (unpaired) electrons. The van der Waals surface area contributed by atoms with Gasteiger partial charge in [0.2, 0.25) is 0 Å². The molecule has 1 aromatic carbocycles. The number of aliphatic hydroxyl groups is 1. The molecule has 2 rings (SSSR count). The highest BCUT2D eigenvalue weighted by Crippen LogP contribution is 2.20. The topological polar surface area (TPSA) is 78.0 Å². The lowest BCUT2D eigenvalue weighted by Crippen LogP contribution is -2.31. The van der Waals surface area contributed by atoms with Gasteiger partial charge in [-0.15, -0.1) is 0 Å². The summed E-state index contributed by atoms with van der Waals surface area (Å²) in [7, 11) is 0. The molecule has 0 aliphatic rings. The molecule has 7 heteroatoms. The fraction of sp³-hybridized carbons (Fsp3) is 0.231. The van der Waals surface area contributed by atoms with E-state index >= 15 is 0 Å². The zero-order valence-corrected chi connectivity index (χ0v) is 11.4. The van der Waals surface area contributed by atoms with Crippen molar-refractivity contribution in [2.24, 2.45) is 0 Å². The molecule has 2 aromatic rings. The highest BCUT2D eigenvalue weighted by molar-refractivity contribution is 6.30. The highest BCUT2D eigenvalue weighted by atomic mass is 35.5. The Balaban J connectivity index is 2.16. The summed E-state index contributed by atoms with van der Waals surface area (Å²) in [5, 5.41) is 18.4. The first-order valence-corrected chi connectivity index (χ1v) is 6.27. The Morgan fingerprint density at radius 1 is 1.55 bits per heavy atom. The van der Waals surface area contributed by atoms with E-state index in [9.17, 15) is 14.3 Å². The van der Waals surface area contributed by atoms with Crippen LogP contribution in [-0.2, 0) is 0 Å². The van der Waals surface area contributed by atoms with Gasteiger partial charge in [0.25, 0.3) is 5.91 Å². The second kappa shape index (κ2) is 6.02. The zero-order valence-electron chi connectivity index (χ0n) is 10.7. The van der Waals surface area contributed by atoms with Crippen molar-refractivity contribution >= 4 is 17.5 Å². The molecular weight excluding hydrogens is 285 g/mol. The number of aryl methyl sites for hydroxylation is 1. The first-order valence-electron chi connectivity index (χ1n) is 5.90. The maximum Gasteiger partial charge on any atom is 0.272 e. The van der Waals surface area contributed by atoms with Crippen LogP contribution in [0.25, 0.3) is 0 Å². The van der Waals surface area contributed by atoms with Crippen LogP contribution in [0.3, 0.4) is 0 Å². The van der Waals surface area contributed by atoms with Crippen molar-refractivity contribution in [1.29, 1.82) is 0 Å². The van der Waals surface area contributed by atoms with Crippen LogP contribution in [0.4, 0.5) is 4.39 Å². The SMILES string of the molecule is Cc1cc(C(=O)NC(CO)c2ccc(Cl)c(F)c2)n[nH]1. The van der Waals surface area contributed by atoms with E-state index in [0.29, 0.717) is 5.56 Å². The molecule has 0 saturated carbocycles. The molecule has 5 nitrogen and oxygen atoms in total. The molecular formula is C13H13ClFN3O2. The number of aromatic nitrogens is 2. The van der Waals surface area contributed by atoms with Crippen LogP contribution >= 0.6 is 11.6 Å². The summed E-state index contributed by atoms with van der Waals surface area (Å²) in [5.74, 6) is -1.06. The van der Waals surface area contributed by atoms with E-state index in [0.717, 1.165) is 5.69 Å². The summed E-state index contributed by atoms with van der Waals surface area (Å²) in [4.78, 5) is 11.9. The van der Waals surface area contributed by atoms with E-state index in [2.05, 4.69) is 15.5 Å². The van der Waals surface area contributed by atoms with Crippen molar-refractivity contribution < 1.29 is 14.3 Å². The number of benzene rings is 1. The minimum atomic E-state index is -0.730. The predicted octanol–water partition coefficient (Wildman–Crippen LogP) is 1.97. The number of halogens is 2. The lowest BCUT2D eigenvalue weighted by atomic mass is 10.1. The number of rotatable bonds is 4. The van der Waals surface area contributed by atoms with Crippen LogP contribution in [0.1, 0.15) is 27.8 Å². The molecule has 0 fully saturated rings. The zero-order chi connectivity index (χ0) is 14.7. The van der Waals surface area contributed by atoms with Crippen molar-refractivity contribution in [2.75, 3.05) is 6.61 Å². The first kappa shape index (κ1) is 14.5. The quantitative estimate of drug-likeness (QED) is 0.807. The summed E-state index contributed by atoms with van der Waals surface area (Å²) < 4.78 is 13.4. The molecule has 1 atom stereocenters. The molecule has 0 aliphatic carbocycles. The van der Waals surface area contributed by atoms with Crippen molar-refractivity contribution in [1.82, 2.24) is 15.5 Å². The molecule has 1 heterocycles. The van der Waals surface area contributed by atoms with Crippen molar-refractivity contribution in [3.05, 3.63) is 52.1 Å². The third-order valence-electron chi connectivity index (χ3n) is 2.77. The van der Waals surface area contributed by atoms with E-state index in [1.165, 1.54) is 12.1 Å². The normalized spacial score (nSPS) is 12.2. The van der Waals surface area contributed by atoms with Crippen LogP contribution in [0.2, 0.25) is 5.02 Å². The summed E-state index contributed by atoms with van der Waals surface area (Å²) in [6, 6.07) is 4.94. The maximum atomic E-state index is 13.4. The molecule has 1 unspecified atom stereocenters. The standard InChI is InChI=1S/C13H13ClFN3O2/c1-7-4-11(18-17-7)13(20)16-12(6-19)8-2-3-9(14)10(15)5-8/h2-5,12,19H,6H2,1H3,(H,16,20)(H,17,18). The van der Waals surface area contributed by atoms with Crippen LogP contribution in [0.15, 0.2) is 24.3 Å². The number of aromatic amines is 1. The van der Waals surface area contributed by atoms with E-state index in [1.54, 1.807) is 19.1 Å². The third kappa shape index (κ3) is 3.15. The predicted molar refractivity (Wildman–Crippen MR) is 72.0 cm³/mol. The number of carbonyl (C=O) groups is 1. The molecule has 0 saturated heterocycles. The van der Waals surface area contributed by atoms with Gasteiger partial charge in [-0.3, -0.25) is 9.89 Å². The monoisotopic (exact) mass is 297 g/mol. The van der Waals surface area contributed by atoms with Gasteiger partial charge < -0.3 is 10.4 Å². The van der Waals surface area contributed by atoms with Gasteiger partial charge in [0.1, 0.15) is 11.5 Å². The van der Waals surface area contributed by atoms with E-state index in [4.69, 9.17) is 11.6 Å². The number of nitrogens with zero attached hydrogens (tertiary/aromatic N) is 1. The number of amides is 1. The molecule has 3 N–H and O–H groups in total. The Bertz CT molecular complexity index is 630. The van der Waals surface area contributed by atoms with Crippen LogP contribution in [0, 0.1) is 12.7 Å². The molecule has 0 spiro atoms. The number of hydrogen-bond acceptors (Lipinski definition) is 3. The number of nitrogens with one attached hydrogen (secondary N) is 2. The minimum absolute atomic E-state index is 0.0142. The van der Waals surface area contributed by atoms with Crippen molar-refractivity contribution in [3.8, 4) is 0 Å². The highest BCUT2D eigenvalue weighted by Gasteiger charge is 2.17. The number of aliphatic hydroxyl groups excluding tert-OH is 1. The number of hydrogen-bond donors (Lipinski definition) is 3. The van der Waals surface area contributed by atoms with E-state index in [-0.39, 0.29) is 17.3 Å². The van der Waals surface area contributed by atoms with E-state index in [1.807, 2.05) is 0 Å². The van der Waals surface area contributed by atoms with Gasteiger partial charge in [0.05, 0.1) is 17.7 Å². The molecule has 20 heavy (non-hydrogen) atoms. The van der Waals surface area contributed by atoms with Crippen molar-refractivity contribution in [3.63, 3.8) is 0 Å². The van der Waals surface area contributed by atoms with Gasteiger partial charge in [-0.2, -0.15) is 5.10 Å². The van der Waals surface area contributed by atoms with Gasteiger partial charge in [0.15, 0.2) is 0 Å². The molecule has 0 bridgehead atoms. The lowest BCUT2D eigenvalue weighted by molar-refractivity contribution is 0.0911. The largest absolute Gasteiger partial charge is 0.394 e.